The molecule has 6 nitrogen and oxygen atoms in total. The third-order valence-electron chi connectivity index (χ3n) is 3.20. The molecule has 0 bridgehead atoms. The first-order valence-corrected chi connectivity index (χ1v) is 6.46. The van der Waals surface area contributed by atoms with Crippen LogP contribution in [0.3, 0.4) is 0 Å². The van der Waals surface area contributed by atoms with Gasteiger partial charge in [-0.2, -0.15) is 5.10 Å². The van der Waals surface area contributed by atoms with Gasteiger partial charge in [0.15, 0.2) is 0 Å². The Kier molecular flexibility index (Phi) is 4.72. The maximum Gasteiger partial charge on any atom is 0.269 e. The molecule has 6 heteroatoms. The van der Waals surface area contributed by atoms with E-state index in [1.807, 2.05) is 0 Å². The lowest BCUT2D eigenvalue weighted by Crippen LogP contribution is -2.44. The van der Waals surface area contributed by atoms with Crippen LogP contribution in [0.25, 0.3) is 0 Å². The van der Waals surface area contributed by atoms with Gasteiger partial charge in [0.2, 0.25) is 0 Å². The summed E-state index contributed by atoms with van der Waals surface area (Å²) in [6.07, 6.45) is 2.62. The highest BCUT2D eigenvalue weighted by molar-refractivity contribution is 5.92. The van der Waals surface area contributed by atoms with Crippen LogP contribution >= 0.6 is 0 Å². The number of carbonyl (C=O) groups is 1. The monoisotopic (exact) mass is 251 g/mol. The molecule has 0 saturated carbocycles. The largest absolute Gasteiger partial charge is 0.351 e. The Morgan fingerprint density at radius 3 is 2.94 bits per heavy atom. The van der Waals surface area contributed by atoms with Crippen molar-refractivity contribution in [1.82, 2.24) is 25.3 Å². The first-order valence-electron chi connectivity index (χ1n) is 6.46. The highest BCUT2D eigenvalue weighted by Gasteiger charge is 2.10. The predicted molar refractivity (Wildman–Crippen MR) is 69.5 cm³/mol. The van der Waals surface area contributed by atoms with Crippen LogP contribution in [0.1, 0.15) is 16.9 Å². The number of nitrogens with zero attached hydrogens (tertiary/aromatic N) is 3. The number of nitrogens with one attached hydrogen (secondary N) is 2. The fourth-order valence-electron chi connectivity index (χ4n) is 2.13. The molecule has 100 valence electrons. The Balaban J connectivity index is 1.63. The summed E-state index contributed by atoms with van der Waals surface area (Å²) in [5, 5.41) is 10.2. The Bertz CT molecular complexity index is 384. The molecule has 18 heavy (non-hydrogen) atoms. The van der Waals surface area contributed by atoms with Crippen LogP contribution in [0.2, 0.25) is 0 Å². The Hall–Kier alpha value is -1.40. The third kappa shape index (κ3) is 3.54. The van der Waals surface area contributed by atoms with Crippen LogP contribution in [0, 0.1) is 0 Å². The van der Waals surface area contributed by atoms with E-state index < -0.39 is 0 Å². The summed E-state index contributed by atoms with van der Waals surface area (Å²) < 4.78 is 1.59. The van der Waals surface area contributed by atoms with Crippen molar-refractivity contribution in [3.63, 3.8) is 0 Å². The fourth-order valence-corrected chi connectivity index (χ4v) is 2.13. The summed E-state index contributed by atoms with van der Waals surface area (Å²) in [6, 6.07) is 1.73. The van der Waals surface area contributed by atoms with Crippen LogP contribution < -0.4 is 10.6 Å². The third-order valence-corrected chi connectivity index (χ3v) is 3.20. The molecule has 1 fully saturated rings. The van der Waals surface area contributed by atoms with Gasteiger partial charge in [0.05, 0.1) is 0 Å². The molecule has 0 aliphatic carbocycles. The molecule has 2 N–H and O–H groups in total. The lowest BCUT2D eigenvalue weighted by atomic mass is 10.3. The van der Waals surface area contributed by atoms with Crippen molar-refractivity contribution in [2.24, 2.45) is 7.05 Å². The quantitative estimate of drug-likeness (QED) is 0.689. The summed E-state index contributed by atoms with van der Waals surface area (Å²) in [6.45, 7) is 6.12. The number of rotatable bonds is 5. The zero-order valence-corrected chi connectivity index (χ0v) is 10.9. The van der Waals surface area contributed by atoms with E-state index in [4.69, 9.17) is 0 Å². The van der Waals surface area contributed by atoms with Crippen LogP contribution in [0.15, 0.2) is 12.3 Å². The fraction of sp³-hybridized carbons (Fsp3) is 0.667. The summed E-state index contributed by atoms with van der Waals surface area (Å²) in [5.41, 5.74) is 0.608. The van der Waals surface area contributed by atoms with Crippen LogP contribution in [-0.2, 0) is 7.05 Å². The normalized spacial score (nSPS) is 16.7. The zero-order chi connectivity index (χ0) is 12.8. The number of hydrogen-bond donors (Lipinski definition) is 2. The number of hydrogen-bond acceptors (Lipinski definition) is 4. The second-order valence-corrected chi connectivity index (χ2v) is 4.54. The molecule has 1 aromatic heterocycles. The Labute approximate surface area is 107 Å². The standard InChI is InChI=1S/C12H21N5O/c1-16-11(3-5-15-16)12(18)14-4-2-8-17-9-6-13-7-10-17/h3,5,13H,2,4,6-10H2,1H3,(H,14,18). The highest BCUT2D eigenvalue weighted by atomic mass is 16.2. The van der Waals surface area contributed by atoms with Crippen molar-refractivity contribution in [3.05, 3.63) is 18.0 Å². The number of carbonyl (C=O) groups excluding carboxylic acids is 1. The molecule has 0 spiro atoms. The minimum atomic E-state index is -0.0460. The maximum absolute atomic E-state index is 11.8. The van der Waals surface area contributed by atoms with Crippen molar-refractivity contribution in [1.29, 1.82) is 0 Å². The summed E-state index contributed by atoms with van der Waals surface area (Å²) in [4.78, 5) is 14.2. The SMILES string of the molecule is Cn1nccc1C(=O)NCCCN1CCNCC1. The van der Waals surface area contributed by atoms with E-state index in [0.29, 0.717) is 12.2 Å². The average Bonchev–Trinajstić information content (AvgIpc) is 2.82. The first kappa shape index (κ1) is 13.0. The summed E-state index contributed by atoms with van der Waals surface area (Å²) in [7, 11) is 1.77. The van der Waals surface area contributed by atoms with E-state index in [1.165, 1.54) is 0 Å². The van der Waals surface area contributed by atoms with Gasteiger partial charge in [-0.25, -0.2) is 0 Å². The summed E-state index contributed by atoms with van der Waals surface area (Å²) >= 11 is 0. The minimum Gasteiger partial charge on any atom is -0.351 e. The van der Waals surface area contributed by atoms with Crippen molar-refractivity contribution < 1.29 is 4.79 Å². The number of aryl methyl sites for hydroxylation is 1. The molecule has 0 atom stereocenters. The van der Waals surface area contributed by atoms with Gasteiger partial charge in [0.25, 0.3) is 5.91 Å². The molecular formula is C12H21N5O. The molecule has 2 heterocycles. The molecule has 0 unspecified atom stereocenters. The van der Waals surface area contributed by atoms with Crippen LogP contribution in [0.4, 0.5) is 0 Å². The number of amides is 1. The molecule has 1 aliphatic heterocycles. The second-order valence-electron chi connectivity index (χ2n) is 4.54. The Morgan fingerprint density at radius 1 is 1.50 bits per heavy atom. The van der Waals surface area contributed by atoms with E-state index in [0.717, 1.165) is 39.1 Å². The van der Waals surface area contributed by atoms with E-state index in [-0.39, 0.29) is 5.91 Å². The number of piperazine rings is 1. The summed E-state index contributed by atoms with van der Waals surface area (Å²) in [5.74, 6) is -0.0460. The average molecular weight is 251 g/mol. The van der Waals surface area contributed by atoms with Crippen molar-refractivity contribution in [2.75, 3.05) is 39.3 Å². The second kappa shape index (κ2) is 6.51. The van der Waals surface area contributed by atoms with Gasteiger partial charge in [0.1, 0.15) is 5.69 Å². The molecular weight excluding hydrogens is 230 g/mol. The smallest absolute Gasteiger partial charge is 0.269 e. The number of aromatic nitrogens is 2. The zero-order valence-electron chi connectivity index (χ0n) is 10.9. The van der Waals surface area contributed by atoms with E-state index in [2.05, 4.69) is 20.6 Å². The van der Waals surface area contributed by atoms with Gasteiger partial charge in [-0.05, 0) is 19.0 Å². The highest BCUT2D eigenvalue weighted by Crippen LogP contribution is 1.97. The van der Waals surface area contributed by atoms with Gasteiger partial charge in [-0.1, -0.05) is 0 Å². The Morgan fingerprint density at radius 2 is 2.28 bits per heavy atom. The van der Waals surface area contributed by atoms with Gasteiger partial charge >= 0.3 is 0 Å². The lowest BCUT2D eigenvalue weighted by molar-refractivity contribution is 0.0942. The van der Waals surface area contributed by atoms with Crippen molar-refractivity contribution >= 4 is 5.91 Å². The molecule has 0 radical (unpaired) electrons. The molecule has 1 aromatic rings. The van der Waals surface area contributed by atoms with Crippen molar-refractivity contribution in [3.8, 4) is 0 Å². The van der Waals surface area contributed by atoms with E-state index >= 15 is 0 Å². The topological polar surface area (TPSA) is 62.2 Å². The molecule has 1 amide bonds. The minimum absolute atomic E-state index is 0.0460. The lowest BCUT2D eigenvalue weighted by Gasteiger charge is -2.27. The molecule has 0 aromatic carbocycles. The van der Waals surface area contributed by atoms with E-state index in [9.17, 15) is 4.79 Å². The van der Waals surface area contributed by atoms with E-state index in [1.54, 1.807) is 24.0 Å². The van der Waals surface area contributed by atoms with Gasteiger partial charge < -0.3 is 15.5 Å². The van der Waals surface area contributed by atoms with Crippen molar-refractivity contribution in [2.45, 2.75) is 6.42 Å². The first-order chi connectivity index (χ1) is 8.77. The molecule has 2 rings (SSSR count). The van der Waals surface area contributed by atoms with Crippen LogP contribution in [-0.4, -0.2) is 59.9 Å². The molecule has 1 saturated heterocycles. The predicted octanol–water partition coefficient (Wildman–Crippen LogP) is -0.555. The van der Waals surface area contributed by atoms with Gasteiger partial charge in [-0.15, -0.1) is 0 Å². The van der Waals surface area contributed by atoms with Crippen LogP contribution in [0.5, 0.6) is 0 Å². The van der Waals surface area contributed by atoms with Gasteiger partial charge in [-0.3, -0.25) is 9.48 Å². The van der Waals surface area contributed by atoms with Gasteiger partial charge in [0, 0.05) is 46.0 Å². The molecule has 1 aliphatic rings. The maximum atomic E-state index is 11.8.